The number of hydrogen-bond donors (Lipinski definition) is 2. The summed E-state index contributed by atoms with van der Waals surface area (Å²) >= 11 is 0. The van der Waals surface area contributed by atoms with Crippen LogP contribution >= 0.6 is 0 Å². The predicted molar refractivity (Wildman–Crippen MR) is 97.6 cm³/mol. The summed E-state index contributed by atoms with van der Waals surface area (Å²) in [6, 6.07) is 11.8. The zero-order valence-corrected chi connectivity index (χ0v) is 15.7. The Morgan fingerprint density at radius 3 is 2.39 bits per heavy atom. The number of nitrogens with one attached hydrogen (secondary N) is 2. The first-order valence-electron chi connectivity index (χ1n) is 8.21. The summed E-state index contributed by atoms with van der Waals surface area (Å²) in [7, 11) is -2.20. The molecule has 0 radical (unpaired) electrons. The lowest BCUT2D eigenvalue weighted by Gasteiger charge is -2.11. The first-order valence-corrected chi connectivity index (χ1v) is 9.69. The molecule has 0 heterocycles. The molecule has 0 aromatic heterocycles. The Bertz CT molecular complexity index is 913. The standard InChI is InChI=1S/C18H19F3N2O4S/c1-22-28(25,26)16-8-5-13(6-9-16)7-10-17(24)23-14-3-2-4-15(11-14)27-12-18(19,20)21/h2-6,8-9,11,22H,7,10,12H2,1H3,(H,23,24). The van der Waals surface area contributed by atoms with Gasteiger partial charge in [0.05, 0.1) is 4.90 Å². The summed E-state index contributed by atoms with van der Waals surface area (Å²) < 4.78 is 66.8. The SMILES string of the molecule is CNS(=O)(=O)c1ccc(CCC(=O)Nc2cccc(OCC(F)(F)F)c2)cc1. The highest BCUT2D eigenvalue weighted by Crippen LogP contribution is 2.21. The molecule has 0 saturated carbocycles. The van der Waals surface area contributed by atoms with E-state index in [1.807, 2.05) is 0 Å². The largest absolute Gasteiger partial charge is 0.484 e. The molecule has 0 fully saturated rings. The monoisotopic (exact) mass is 416 g/mol. The Hall–Kier alpha value is -2.59. The first kappa shape index (κ1) is 21.7. The number of sulfonamides is 1. The van der Waals surface area contributed by atoms with Crippen LogP contribution in [0.15, 0.2) is 53.4 Å². The van der Waals surface area contributed by atoms with E-state index in [0.29, 0.717) is 12.1 Å². The molecule has 10 heteroatoms. The van der Waals surface area contributed by atoms with E-state index in [1.54, 1.807) is 12.1 Å². The van der Waals surface area contributed by atoms with Gasteiger partial charge in [0.15, 0.2) is 6.61 Å². The molecule has 152 valence electrons. The molecule has 0 bridgehead atoms. The fourth-order valence-corrected chi connectivity index (χ4v) is 2.99. The number of carbonyl (C=O) groups is 1. The number of carbonyl (C=O) groups excluding carboxylic acids is 1. The number of ether oxygens (including phenoxy) is 1. The van der Waals surface area contributed by atoms with E-state index in [2.05, 4.69) is 14.8 Å². The van der Waals surface area contributed by atoms with Crippen LogP contribution in [0.4, 0.5) is 18.9 Å². The summed E-state index contributed by atoms with van der Waals surface area (Å²) in [6.07, 6.45) is -3.96. The molecule has 0 aliphatic rings. The predicted octanol–water partition coefficient (Wildman–Crippen LogP) is 3.11. The molecule has 2 aromatic carbocycles. The zero-order chi connectivity index (χ0) is 20.8. The fraction of sp³-hybridized carbons (Fsp3) is 0.278. The van der Waals surface area contributed by atoms with E-state index in [0.717, 1.165) is 5.56 Å². The van der Waals surface area contributed by atoms with Gasteiger partial charge < -0.3 is 10.1 Å². The van der Waals surface area contributed by atoms with Crippen molar-refractivity contribution >= 4 is 21.6 Å². The van der Waals surface area contributed by atoms with Crippen molar-refractivity contribution in [2.45, 2.75) is 23.9 Å². The molecule has 0 atom stereocenters. The van der Waals surface area contributed by atoms with Crippen molar-refractivity contribution in [2.75, 3.05) is 19.0 Å². The molecular formula is C18H19F3N2O4S. The Kier molecular flexibility index (Phi) is 7.03. The minimum atomic E-state index is -4.44. The van der Waals surface area contributed by atoms with Gasteiger partial charge in [0.25, 0.3) is 0 Å². The van der Waals surface area contributed by atoms with Gasteiger partial charge in [-0.25, -0.2) is 13.1 Å². The highest BCUT2D eigenvalue weighted by Gasteiger charge is 2.28. The Morgan fingerprint density at radius 1 is 1.11 bits per heavy atom. The molecule has 0 spiro atoms. The summed E-state index contributed by atoms with van der Waals surface area (Å²) in [4.78, 5) is 12.2. The molecule has 0 unspecified atom stereocenters. The Labute approximate surface area is 160 Å². The molecule has 2 N–H and O–H groups in total. The average Bonchev–Trinajstić information content (AvgIpc) is 2.65. The van der Waals surface area contributed by atoms with E-state index in [-0.39, 0.29) is 23.0 Å². The molecule has 0 aliphatic heterocycles. The number of amides is 1. The lowest BCUT2D eigenvalue weighted by atomic mass is 10.1. The quantitative estimate of drug-likeness (QED) is 0.693. The van der Waals surface area contributed by atoms with E-state index in [1.165, 1.54) is 43.4 Å². The van der Waals surface area contributed by atoms with E-state index in [9.17, 15) is 26.4 Å². The maximum atomic E-state index is 12.2. The third-order valence-electron chi connectivity index (χ3n) is 3.66. The number of aryl methyl sites for hydroxylation is 1. The van der Waals surface area contributed by atoms with Crippen LogP contribution in [0.2, 0.25) is 0 Å². The molecule has 1 amide bonds. The topological polar surface area (TPSA) is 84.5 Å². The van der Waals surface area contributed by atoms with Gasteiger partial charge in [-0.05, 0) is 43.3 Å². The molecule has 0 saturated heterocycles. The number of rotatable bonds is 8. The van der Waals surface area contributed by atoms with Gasteiger partial charge >= 0.3 is 6.18 Å². The lowest BCUT2D eigenvalue weighted by Crippen LogP contribution is -2.19. The van der Waals surface area contributed by atoms with Crippen LogP contribution in [0.25, 0.3) is 0 Å². The lowest BCUT2D eigenvalue weighted by molar-refractivity contribution is -0.153. The second-order valence-electron chi connectivity index (χ2n) is 5.83. The second kappa shape index (κ2) is 9.07. The van der Waals surface area contributed by atoms with Crippen molar-refractivity contribution in [3.8, 4) is 5.75 Å². The van der Waals surface area contributed by atoms with Crippen LogP contribution in [-0.4, -0.2) is 34.2 Å². The highest BCUT2D eigenvalue weighted by atomic mass is 32.2. The summed E-state index contributed by atoms with van der Waals surface area (Å²) in [5.41, 5.74) is 1.09. The maximum Gasteiger partial charge on any atom is 0.422 e. The number of benzene rings is 2. The molecular weight excluding hydrogens is 397 g/mol. The van der Waals surface area contributed by atoms with Gasteiger partial charge in [0.2, 0.25) is 15.9 Å². The summed E-state index contributed by atoms with van der Waals surface area (Å²) in [6.45, 7) is -1.41. The van der Waals surface area contributed by atoms with Crippen LogP contribution < -0.4 is 14.8 Å². The van der Waals surface area contributed by atoms with E-state index in [4.69, 9.17) is 0 Å². The minimum absolute atomic E-state index is 0.00328. The smallest absolute Gasteiger partial charge is 0.422 e. The van der Waals surface area contributed by atoms with Crippen molar-refractivity contribution in [3.63, 3.8) is 0 Å². The summed E-state index contributed by atoms with van der Waals surface area (Å²) in [5.74, 6) is -0.337. The van der Waals surface area contributed by atoms with Crippen LogP contribution in [-0.2, 0) is 21.2 Å². The van der Waals surface area contributed by atoms with Crippen LogP contribution in [0.3, 0.4) is 0 Å². The molecule has 6 nitrogen and oxygen atoms in total. The zero-order valence-electron chi connectivity index (χ0n) is 14.9. The van der Waals surface area contributed by atoms with Crippen molar-refractivity contribution in [1.82, 2.24) is 4.72 Å². The van der Waals surface area contributed by atoms with Crippen LogP contribution in [0, 0.1) is 0 Å². The van der Waals surface area contributed by atoms with Gasteiger partial charge in [-0.15, -0.1) is 0 Å². The van der Waals surface area contributed by atoms with Gasteiger partial charge in [-0.1, -0.05) is 18.2 Å². The van der Waals surface area contributed by atoms with Gasteiger partial charge in [0, 0.05) is 18.2 Å². The minimum Gasteiger partial charge on any atom is -0.484 e. The Balaban J connectivity index is 1.89. The maximum absolute atomic E-state index is 12.2. The fourth-order valence-electron chi connectivity index (χ4n) is 2.26. The van der Waals surface area contributed by atoms with E-state index >= 15 is 0 Å². The van der Waals surface area contributed by atoms with Crippen molar-refractivity contribution in [1.29, 1.82) is 0 Å². The number of halogens is 3. The van der Waals surface area contributed by atoms with Gasteiger partial charge in [-0.3, -0.25) is 4.79 Å². The number of alkyl halides is 3. The number of anilines is 1. The molecule has 2 rings (SSSR count). The Morgan fingerprint density at radius 2 is 1.79 bits per heavy atom. The first-order chi connectivity index (χ1) is 13.1. The third kappa shape index (κ3) is 6.86. The van der Waals surface area contributed by atoms with Gasteiger partial charge in [0.1, 0.15) is 5.75 Å². The molecule has 0 aliphatic carbocycles. The average molecular weight is 416 g/mol. The van der Waals surface area contributed by atoms with Crippen LogP contribution in [0.1, 0.15) is 12.0 Å². The second-order valence-corrected chi connectivity index (χ2v) is 7.72. The van der Waals surface area contributed by atoms with Crippen molar-refractivity contribution in [2.24, 2.45) is 0 Å². The van der Waals surface area contributed by atoms with Crippen molar-refractivity contribution < 1.29 is 31.1 Å². The number of hydrogen-bond acceptors (Lipinski definition) is 4. The van der Waals surface area contributed by atoms with Crippen LogP contribution in [0.5, 0.6) is 5.75 Å². The van der Waals surface area contributed by atoms with E-state index < -0.39 is 22.8 Å². The molecule has 2 aromatic rings. The summed E-state index contributed by atoms with van der Waals surface area (Å²) in [5, 5.41) is 2.59. The van der Waals surface area contributed by atoms with Crippen molar-refractivity contribution in [3.05, 3.63) is 54.1 Å². The molecule has 28 heavy (non-hydrogen) atoms. The van der Waals surface area contributed by atoms with Gasteiger partial charge in [-0.2, -0.15) is 13.2 Å². The normalized spacial score (nSPS) is 11.9. The highest BCUT2D eigenvalue weighted by molar-refractivity contribution is 7.89. The third-order valence-corrected chi connectivity index (χ3v) is 5.09.